The zero-order valence-corrected chi connectivity index (χ0v) is 18.9. The maximum absolute atomic E-state index is 12.3. The molecule has 3 rings (SSSR count). The zero-order chi connectivity index (χ0) is 22.4. The van der Waals surface area contributed by atoms with Gasteiger partial charge in [-0.2, -0.15) is 5.10 Å². The molecule has 0 spiro atoms. The molecule has 2 aromatic carbocycles. The molecular formula is C21H22ClN5O3S. The fraction of sp³-hybridized carbons (Fsp3) is 0.238. The lowest BCUT2D eigenvalue weighted by Gasteiger charge is -2.08. The third-order valence-corrected chi connectivity index (χ3v) is 5.63. The van der Waals surface area contributed by atoms with Crippen molar-refractivity contribution < 1.29 is 14.6 Å². The average molecular weight is 460 g/mol. The Bertz CT molecular complexity index is 1100. The van der Waals surface area contributed by atoms with Crippen LogP contribution in [-0.4, -0.2) is 44.4 Å². The molecule has 0 aliphatic heterocycles. The van der Waals surface area contributed by atoms with E-state index in [9.17, 15) is 9.90 Å². The molecule has 0 saturated carbocycles. The van der Waals surface area contributed by atoms with E-state index in [4.69, 9.17) is 16.3 Å². The van der Waals surface area contributed by atoms with Crippen LogP contribution < -0.4 is 10.2 Å². The Morgan fingerprint density at radius 1 is 1.26 bits per heavy atom. The average Bonchev–Trinajstić information content (AvgIpc) is 3.19. The van der Waals surface area contributed by atoms with Crippen molar-refractivity contribution in [1.29, 1.82) is 0 Å². The third-order valence-electron chi connectivity index (χ3n) is 4.41. The summed E-state index contributed by atoms with van der Waals surface area (Å²) in [4.78, 5) is 12.3. The van der Waals surface area contributed by atoms with Crippen molar-refractivity contribution in [2.75, 3.05) is 12.9 Å². The number of nitrogens with one attached hydrogen (secondary N) is 1. The van der Waals surface area contributed by atoms with Crippen LogP contribution in [0.25, 0.3) is 11.4 Å². The summed E-state index contributed by atoms with van der Waals surface area (Å²) in [6.07, 6.45) is 0. The minimum Gasteiger partial charge on any atom is -0.504 e. The van der Waals surface area contributed by atoms with Gasteiger partial charge >= 0.3 is 0 Å². The SMILES string of the molecule is CCn1c(SCC(=O)N/N=C(/C)c2ccc(O)c(OC)c2)nnc1-c1ccc(Cl)cc1. The van der Waals surface area contributed by atoms with Crippen molar-refractivity contribution >= 4 is 35.0 Å². The highest BCUT2D eigenvalue weighted by molar-refractivity contribution is 7.99. The Labute approximate surface area is 189 Å². The normalized spacial score (nSPS) is 11.4. The quantitative estimate of drug-likeness (QED) is 0.300. The number of benzene rings is 2. The maximum Gasteiger partial charge on any atom is 0.250 e. The summed E-state index contributed by atoms with van der Waals surface area (Å²) in [7, 11) is 1.47. The number of ether oxygens (including phenoxy) is 1. The number of hydrogen-bond donors (Lipinski definition) is 2. The van der Waals surface area contributed by atoms with Gasteiger partial charge in [-0.05, 0) is 56.3 Å². The van der Waals surface area contributed by atoms with Gasteiger partial charge in [0.1, 0.15) is 0 Å². The summed E-state index contributed by atoms with van der Waals surface area (Å²) in [6.45, 7) is 4.41. The highest BCUT2D eigenvalue weighted by Crippen LogP contribution is 2.27. The summed E-state index contributed by atoms with van der Waals surface area (Å²) in [5.74, 6) is 0.960. The van der Waals surface area contributed by atoms with Gasteiger partial charge in [0.05, 0.1) is 18.6 Å². The number of carbonyl (C=O) groups is 1. The number of methoxy groups -OCH3 is 1. The molecule has 1 heterocycles. The highest BCUT2D eigenvalue weighted by atomic mass is 35.5. The smallest absolute Gasteiger partial charge is 0.250 e. The van der Waals surface area contributed by atoms with Crippen LogP contribution in [0.15, 0.2) is 52.7 Å². The van der Waals surface area contributed by atoms with Gasteiger partial charge in [0.25, 0.3) is 5.91 Å². The first-order valence-corrected chi connectivity index (χ1v) is 10.8. The van der Waals surface area contributed by atoms with Gasteiger partial charge in [0.15, 0.2) is 22.5 Å². The topological polar surface area (TPSA) is 102 Å². The lowest BCUT2D eigenvalue weighted by Crippen LogP contribution is -2.21. The van der Waals surface area contributed by atoms with Crippen LogP contribution in [0.3, 0.4) is 0 Å². The monoisotopic (exact) mass is 459 g/mol. The summed E-state index contributed by atoms with van der Waals surface area (Å²) < 4.78 is 7.04. The van der Waals surface area contributed by atoms with Crippen molar-refractivity contribution in [1.82, 2.24) is 20.2 Å². The van der Waals surface area contributed by atoms with E-state index in [1.165, 1.54) is 24.9 Å². The molecular weight excluding hydrogens is 438 g/mol. The van der Waals surface area contributed by atoms with Gasteiger partial charge < -0.3 is 14.4 Å². The van der Waals surface area contributed by atoms with Crippen molar-refractivity contribution in [2.24, 2.45) is 5.10 Å². The van der Waals surface area contributed by atoms with Crippen LogP contribution >= 0.6 is 23.4 Å². The molecule has 2 N–H and O–H groups in total. The molecule has 10 heteroatoms. The number of rotatable bonds is 8. The molecule has 0 atom stereocenters. The molecule has 1 aromatic heterocycles. The van der Waals surface area contributed by atoms with E-state index >= 15 is 0 Å². The number of thioether (sulfide) groups is 1. The van der Waals surface area contributed by atoms with Crippen molar-refractivity contribution in [3.63, 3.8) is 0 Å². The van der Waals surface area contributed by atoms with Crippen molar-refractivity contribution in [3.05, 3.63) is 53.1 Å². The second kappa shape index (κ2) is 10.3. The van der Waals surface area contributed by atoms with E-state index in [-0.39, 0.29) is 17.4 Å². The van der Waals surface area contributed by atoms with Crippen molar-refractivity contribution in [3.8, 4) is 22.9 Å². The predicted molar refractivity (Wildman–Crippen MR) is 122 cm³/mol. The van der Waals surface area contributed by atoms with Crippen molar-refractivity contribution in [2.45, 2.75) is 25.5 Å². The minimum absolute atomic E-state index is 0.0393. The standard InChI is InChI=1S/C21H22ClN5O3S/c1-4-27-20(14-5-8-16(22)9-6-14)25-26-21(27)31-12-19(29)24-23-13(2)15-7-10-17(28)18(11-15)30-3/h5-11,28H,4,12H2,1-3H3,(H,24,29)/b23-13-. The zero-order valence-electron chi connectivity index (χ0n) is 17.3. The van der Waals surface area contributed by atoms with Crippen LogP contribution in [0.1, 0.15) is 19.4 Å². The lowest BCUT2D eigenvalue weighted by molar-refractivity contribution is -0.118. The molecule has 1 amide bonds. The lowest BCUT2D eigenvalue weighted by atomic mass is 10.1. The Morgan fingerprint density at radius 3 is 2.68 bits per heavy atom. The van der Waals surface area contributed by atoms with Gasteiger partial charge in [-0.25, -0.2) is 5.43 Å². The van der Waals surface area contributed by atoms with E-state index < -0.39 is 0 Å². The van der Waals surface area contributed by atoms with Crippen LogP contribution in [0.4, 0.5) is 0 Å². The molecule has 162 valence electrons. The van der Waals surface area contributed by atoms with Gasteiger partial charge in [-0.15, -0.1) is 10.2 Å². The number of halogens is 1. The van der Waals surface area contributed by atoms with Gasteiger partial charge in [-0.1, -0.05) is 23.4 Å². The summed E-state index contributed by atoms with van der Waals surface area (Å²) in [5, 5.41) is 23.6. The number of phenolic OH excluding ortho intramolecular Hbond substituents is 1. The fourth-order valence-electron chi connectivity index (χ4n) is 2.77. The first-order valence-electron chi connectivity index (χ1n) is 9.45. The molecule has 0 unspecified atom stereocenters. The maximum atomic E-state index is 12.3. The Balaban J connectivity index is 1.63. The molecule has 0 aliphatic rings. The Morgan fingerprint density at radius 2 is 2.00 bits per heavy atom. The molecule has 0 aliphatic carbocycles. The summed E-state index contributed by atoms with van der Waals surface area (Å²) in [5.41, 5.74) is 4.75. The summed E-state index contributed by atoms with van der Waals surface area (Å²) in [6, 6.07) is 12.2. The highest BCUT2D eigenvalue weighted by Gasteiger charge is 2.14. The predicted octanol–water partition coefficient (Wildman–Crippen LogP) is 3.97. The number of hydrogen-bond acceptors (Lipinski definition) is 7. The molecule has 0 radical (unpaired) electrons. The number of phenols is 1. The van der Waals surface area contributed by atoms with Crippen LogP contribution in [0.5, 0.6) is 11.5 Å². The molecule has 3 aromatic rings. The van der Waals surface area contributed by atoms with Gasteiger partial charge in [0, 0.05) is 22.7 Å². The minimum atomic E-state index is -0.270. The number of aromatic hydroxyl groups is 1. The van der Waals surface area contributed by atoms with Crippen LogP contribution in [0.2, 0.25) is 5.02 Å². The molecule has 0 bridgehead atoms. The van der Waals surface area contributed by atoms with E-state index in [0.29, 0.717) is 28.2 Å². The second-order valence-electron chi connectivity index (χ2n) is 6.46. The number of nitrogens with zero attached hydrogens (tertiary/aromatic N) is 4. The Hall–Kier alpha value is -3.04. The van der Waals surface area contributed by atoms with E-state index in [1.54, 1.807) is 31.2 Å². The third kappa shape index (κ3) is 5.56. The molecule has 8 nitrogen and oxygen atoms in total. The Kier molecular flexibility index (Phi) is 7.54. The first kappa shape index (κ1) is 22.6. The fourth-order valence-corrected chi connectivity index (χ4v) is 3.69. The summed E-state index contributed by atoms with van der Waals surface area (Å²) >= 11 is 7.24. The van der Waals surface area contributed by atoms with Gasteiger partial charge in [0.2, 0.25) is 0 Å². The molecule has 0 fully saturated rings. The number of hydrazone groups is 1. The van der Waals surface area contributed by atoms with Crippen LogP contribution in [0, 0.1) is 0 Å². The number of amides is 1. The second-order valence-corrected chi connectivity index (χ2v) is 7.84. The van der Waals surface area contributed by atoms with E-state index in [2.05, 4.69) is 20.7 Å². The van der Waals surface area contributed by atoms with Gasteiger partial charge in [-0.3, -0.25) is 4.79 Å². The number of carbonyl (C=O) groups excluding carboxylic acids is 1. The molecule has 0 saturated heterocycles. The van der Waals surface area contributed by atoms with E-state index in [0.717, 1.165) is 17.0 Å². The largest absolute Gasteiger partial charge is 0.504 e. The van der Waals surface area contributed by atoms with E-state index in [1.807, 2.05) is 23.6 Å². The van der Waals surface area contributed by atoms with Crippen LogP contribution in [-0.2, 0) is 11.3 Å². The number of aromatic nitrogens is 3. The first-order chi connectivity index (χ1) is 14.9. The molecule has 31 heavy (non-hydrogen) atoms.